The average Bonchev–Trinajstić information content (AvgIpc) is 2.81. The molecule has 0 aliphatic heterocycles. The number of H-pyrrole nitrogens is 2. The Morgan fingerprint density at radius 2 is 2.06 bits per heavy atom. The molecule has 0 saturated carbocycles. The van der Waals surface area contributed by atoms with Crippen molar-refractivity contribution in [2.45, 2.75) is 0 Å². The molecule has 0 bridgehead atoms. The summed E-state index contributed by atoms with van der Waals surface area (Å²) in [6.07, 6.45) is 0. The van der Waals surface area contributed by atoms with Gasteiger partial charge in [-0.15, -0.1) is 0 Å². The Bertz CT molecular complexity index is 823. The van der Waals surface area contributed by atoms with Crippen LogP contribution in [0.2, 0.25) is 0 Å². The van der Waals surface area contributed by atoms with Crippen molar-refractivity contribution >= 4 is 11.0 Å². The fourth-order valence-corrected chi connectivity index (χ4v) is 1.79. The second-order valence-electron chi connectivity index (χ2n) is 3.86. The van der Waals surface area contributed by atoms with Gasteiger partial charge in [-0.3, -0.25) is 4.79 Å². The van der Waals surface area contributed by atoms with Crippen molar-refractivity contribution < 1.29 is 0 Å². The highest BCUT2D eigenvalue weighted by Crippen LogP contribution is 2.18. The highest BCUT2D eigenvalue weighted by atomic mass is 16.1. The zero-order valence-corrected chi connectivity index (χ0v) is 9.27. The molecule has 86 valence electrons. The minimum absolute atomic E-state index is 0.175. The molecule has 3 rings (SSSR count). The number of hydrogen-bond acceptors (Lipinski definition) is 3. The largest absolute Gasteiger partial charge is 0.337 e. The third-order valence-corrected chi connectivity index (χ3v) is 2.63. The number of nitrogens with zero attached hydrogens (tertiary/aromatic N) is 2. The fraction of sp³-hybridized carbons (Fsp3) is 0. The van der Waals surface area contributed by atoms with Crippen LogP contribution in [0.4, 0.5) is 0 Å². The van der Waals surface area contributed by atoms with E-state index in [1.165, 1.54) is 6.07 Å². The lowest BCUT2D eigenvalue weighted by Crippen LogP contribution is -2.03. The minimum Gasteiger partial charge on any atom is -0.337 e. The fourth-order valence-electron chi connectivity index (χ4n) is 1.79. The molecule has 2 aromatic heterocycles. The molecule has 5 heteroatoms. The number of aromatic amines is 2. The SMILES string of the molecule is N#Cc1ccc2nc(-c3cccc(=O)[nH]3)[nH]c2c1. The Balaban J connectivity index is 2.20. The van der Waals surface area contributed by atoms with Gasteiger partial charge in [-0.1, -0.05) is 6.07 Å². The lowest BCUT2D eigenvalue weighted by atomic mass is 10.2. The van der Waals surface area contributed by atoms with Crippen molar-refractivity contribution in [2.24, 2.45) is 0 Å². The Hall–Kier alpha value is -2.87. The first-order valence-electron chi connectivity index (χ1n) is 5.36. The zero-order chi connectivity index (χ0) is 12.5. The van der Waals surface area contributed by atoms with Crippen LogP contribution in [0, 0.1) is 11.3 Å². The number of benzene rings is 1. The van der Waals surface area contributed by atoms with Crippen LogP contribution < -0.4 is 5.56 Å². The molecular weight excluding hydrogens is 228 g/mol. The third-order valence-electron chi connectivity index (χ3n) is 2.63. The first-order chi connectivity index (χ1) is 8.76. The van der Waals surface area contributed by atoms with E-state index in [4.69, 9.17) is 5.26 Å². The average molecular weight is 236 g/mol. The van der Waals surface area contributed by atoms with E-state index in [-0.39, 0.29) is 5.56 Å². The number of imidazole rings is 1. The van der Waals surface area contributed by atoms with Crippen LogP contribution >= 0.6 is 0 Å². The van der Waals surface area contributed by atoms with Crippen LogP contribution in [-0.4, -0.2) is 15.0 Å². The molecule has 0 fully saturated rings. The summed E-state index contributed by atoms with van der Waals surface area (Å²) in [6.45, 7) is 0. The second kappa shape index (κ2) is 3.86. The van der Waals surface area contributed by atoms with Crippen LogP contribution in [0.5, 0.6) is 0 Å². The summed E-state index contributed by atoms with van der Waals surface area (Å²) in [4.78, 5) is 21.4. The van der Waals surface area contributed by atoms with Crippen molar-refractivity contribution in [3.63, 3.8) is 0 Å². The van der Waals surface area contributed by atoms with Crippen LogP contribution in [0.1, 0.15) is 5.56 Å². The third kappa shape index (κ3) is 1.66. The van der Waals surface area contributed by atoms with Crippen LogP contribution in [0.3, 0.4) is 0 Å². The van der Waals surface area contributed by atoms with E-state index in [9.17, 15) is 4.79 Å². The Kier molecular flexibility index (Phi) is 2.21. The highest BCUT2D eigenvalue weighted by Gasteiger charge is 2.06. The van der Waals surface area contributed by atoms with Crippen LogP contribution in [-0.2, 0) is 0 Å². The quantitative estimate of drug-likeness (QED) is 0.675. The molecule has 18 heavy (non-hydrogen) atoms. The number of pyridine rings is 1. The molecule has 5 nitrogen and oxygen atoms in total. The molecule has 0 aliphatic carbocycles. The van der Waals surface area contributed by atoms with Gasteiger partial charge in [-0.2, -0.15) is 5.26 Å². The molecule has 0 radical (unpaired) electrons. The normalized spacial score (nSPS) is 10.4. The van der Waals surface area contributed by atoms with Gasteiger partial charge < -0.3 is 9.97 Å². The summed E-state index contributed by atoms with van der Waals surface area (Å²) in [7, 11) is 0. The van der Waals surface area contributed by atoms with Crippen molar-refractivity contribution in [3.05, 3.63) is 52.3 Å². The topological polar surface area (TPSA) is 85.3 Å². The second-order valence-corrected chi connectivity index (χ2v) is 3.86. The maximum atomic E-state index is 11.2. The summed E-state index contributed by atoms with van der Waals surface area (Å²) >= 11 is 0. The number of nitrogens with one attached hydrogen (secondary N) is 2. The molecule has 0 aliphatic rings. The van der Waals surface area contributed by atoms with E-state index < -0.39 is 0 Å². The monoisotopic (exact) mass is 236 g/mol. The standard InChI is InChI=1S/C13H8N4O/c14-7-8-4-5-9-11(6-8)17-13(16-9)10-2-1-3-12(18)15-10/h1-6H,(H,15,18)(H,16,17). The van der Waals surface area contributed by atoms with Crippen LogP contribution in [0.15, 0.2) is 41.2 Å². The summed E-state index contributed by atoms with van der Waals surface area (Å²) in [5.74, 6) is 0.581. The van der Waals surface area contributed by atoms with E-state index in [0.717, 1.165) is 11.0 Å². The van der Waals surface area contributed by atoms with E-state index in [2.05, 4.69) is 21.0 Å². The first-order valence-corrected chi connectivity index (χ1v) is 5.36. The maximum Gasteiger partial charge on any atom is 0.248 e. The number of fused-ring (bicyclic) bond motifs is 1. The number of rotatable bonds is 1. The lowest BCUT2D eigenvalue weighted by Gasteiger charge is -1.93. The molecule has 0 unspecified atom stereocenters. The van der Waals surface area contributed by atoms with E-state index in [1.807, 2.05) is 0 Å². The summed E-state index contributed by atoms with van der Waals surface area (Å²) in [6, 6.07) is 12.2. The molecule has 1 aromatic carbocycles. The van der Waals surface area contributed by atoms with Crippen molar-refractivity contribution in [3.8, 4) is 17.6 Å². The van der Waals surface area contributed by atoms with Gasteiger partial charge in [0, 0.05) is 6.07 Å². The van der Waals surface area contributed by atoms with E-state index >= 15 is 0 Å². The molecule has 0 atom stereocenters. The Morgan fingerprint density at radius 1 is 1.17 bits per heavy atom. The molecular formula is C13H8N4O. The van der Waals surface area contributed by atoms with Crippen molar-refractivity contribution in [2.75, 3.05) is 0 Å². The summed E-state index contributed by atoms with van der Waals surface area (Å²) < 4.78 is 0. The highest BCUT2D eigenvalue weighted by molar-refractivity contribution is 5.80. The summed E-state index contributed by atoms with van der Waals surface area (Å²) in [5, 5.41) is 8.83. The predicted octanol–water partition coefficient (Wildman–Crippen LogP) is 1.79. The molecule has 2 heterocycles. The van der Waals surface area contributed by atoms with Crippen molar-refractivity contribution in [1.29, 1.82) is 5.26 Å². The zero-order valence-electron chi connectivity index (χ0n) is 9.27. The van der Waals surface area contributed by atoms with Gasteiger partial charge in [0.1, 0.15) is 0 Å². The minimum atomic E-state index is -0.175. The van der Waals surface area contributed by atoms with E-state index in [1.54, 1.807) is 30.3 Å². The van der Waals surface area contributed by atoms with Gasteiger partial charge in [-0.25, -0.2) is 4.98 Å². The van der Waals surface area contributed by atoms with Crippen LogP contribution in [0.25, 0.3) is 22.6 Å². The van der Waals surface area contributed by atoms with Gasteiger partial charge in [0.15, 0.2) is 5.82 Å². The van der Waals surface area contributed by atoms with E-state index in [0.29, 0.717) is 17.1 Å². The molecule has 0 spiro atoms. The molecule has 0 saturated heterocycles. The van der Waals surface area contributed by atoms with Gasteiger partial charge in [0.2, 0.25) is 5.56 Å². The number of hydrogen-bond donors (Lipinski definition) is 2. The molecule has 0 amide bonds. The number of nitriles is 1. The Labute approximate surface area is 102 Å². The Morgan fingerprint density at radius 3 is 2.83 bits per heavy atom. The first kappa shape index (κ1) is 10.3. The number of aromatic nitrogens is 3. The van der Waals surface area contributed by atoms with Crippen molar-refractivity contribution in [1.82, 2.24) is 15.0 Å². The van der Waals surface area contributed by atoms with Gasteiger partial charge >= 0.3 is 0 Å². The summed E-state index contributed by atoms with van der Waals surface area (Å²) in [5.41, 5.74) is 2.55. The lowest BCUT2D eigenvalue weighted by molar-refractivity contribution is 1.19. The van der Waals surface area contributed by atoms with Gasteiger partial charge in [0.25, 0.3) is 0 Å². The molecule has 3 aromatic rings. The van der Waals surface area contributed by atoms with Gasteiger partial charge in [0.05, 0.1) is 28.4 Å². The molecule has 2 N–H and O–H groups in total. The predicted molar refractivity (Wildman–Crippen MR) is 66.9 cm³/mol. The smallest absolute Gasteiger partial charge is 0.248 e. The van der Waals surface area contributed by atoms with Gasteiger partial charge in [-0.05, 0) is 24.3 Å². The maximum absolute atomic E-state index is 11.2.